The van der Waals surface area contributed by atoms with Crippen LogP contribution >= 0.6 is 0 Å². The van der Waals surface area contributed by atoms with E-state index in [0.717, 1.165) is 31.5 Å². The van der Waals surface area contributed by atoms with Crippen molar-refractivity contribution in [1.29, 1.82) is 0 Å². The topological polar surface area (TPSA) is 62.2 Å². The Hall–Kier alpha value is -2.50. The van der Waals surface area contributed by atoms with E-state index in [9.17, 15) is 4.79 Å². The molecule has 2 N–H and O–H groups in total. The largest absolute Gasteiger partial charge is 0.369 e. The van der Waals surface area contributed by atoms with Crippen molar-refractivity contribution < 1.29 is 4.79 Å². The molecule has 1 fully saturated rings. The summed E-state index contributed by atoms with van der Waals surface area (Å²) < 4.78 is 1.77. The normalized spacial score (nSPS) is 17.3. The number of amides is 2. The summed E-state index contributed by atoms with van der Waals surface area (Å²) in [5, 5.41) is 10.1. The fourth-order valence-corrected chi connectivity index (χ4v) is 2.91. The number of nitrogens with one attached hydrogen (secondary N) is 2. The number of carbonyl (C=O) groups excluding carboxylic acids is 1. The quantitative estimate of drug-likeness (QED) is 0.880. The van der Waals surface area contributed by atoms with Gasteiger partial charge in [-0.3, -0.25) is 4.68 Å². The second-order valence-electron chi connectivity index (χ2n) is 5.94. The summed E-state index contributed by atoms with van der Waals surface area (Å²) in [5.41, 5.74) is 2.35. The number of para-hydroxylation sites is 1. The van der Waals surface area contributed by atoms with Crippen LogP contribution in [0.1, 0.15) is 12.0 Å². The lowest BCUT2D eigenvalue weighted by atomic mass is 10.2. The van der Waals surface area contributed by atoms with Gasteiger partial charge in [0.15, 0.2) is 0 Å². The molecule has 2 heterocycles. The summed E-state index contributed by atoms with van der Waals surface area (Å²) in [6.45, 7) is 2.46. The minimum Gasteiger partial charge on any atom is -0.369 e. The number of rotatable bonds is 5. The Balaban J connectivity index is 1.39. The lowest BCUT2D eigenvalue weighted by molar-refractivity contribution is 0.238. The second-order valence-corrected chi connectivity index (χ2v) is 5.94. The van der Waals surface area contributed by atoms with E-state index in [1.54, 1.807) is 4.68 Å². The molecule has 3 rings (SSSR count). The molecule has 6 nitrogen and oxygen atoms in total. The molecule has 1 aromatic heterocycles. The molecular weight excluding hydrogens is 290 g/mol. The monoisotopic (exact) mass is 313 g/mol. The van der Waals surface area contributed by atoms with E-state index in [4.69, 9.17) is 0 Å². The van der Waals surface area contributed by atoms with Gasteiger partial charge in [-0.15, -0.1) is 0 Å². The highest BCUT2D eigenvalue weighted by atomic mass is 16.2. The molecule has 1 aliphatic rings. The van der Waals surface area contributed by atoms with Gasteiger partial charge in [0.2, 0.25) is 0 Å². The van der Waals surface area contributed by atoms with Crippen molar-refractivity contribution in [2.45, 2.75) is 18.9 Å². The number of carbonyl (C=O) groups is 1. The van der Waals surface area contributed by atoms with Crippen molar-refractivity contribution in [1.82, 2.24) is 20.4 Å². The highest BCUT2D eigenvalue weighted by molar-refractivity contribution is 5.74. The van der Waals surface area contributed by atoms with Crippen molar-refractivity contribution in [3.63, 3.8) is 0 Å². The summed E-state index contributed by atoms with van der Waals surface area (Å²) in [6, 6.07) is 10.4. The maximum absolute atomic E-state index is 12.0. The van der Waals surface area contributed by atoms with Crippen LogP contribution in [0.5, 0.6) is 0 Å². The lowest BCUT2D eigenvalue weighted by Crippen LogP contribution is -2.43. The van der Waals surface area contributed by atoms with Crippen LogP contribution in [0.25, 0.3) is 0 Å². The molecule has 2 aromatic rings. The molecule has 0 aliphatic carbocycles. The van der Waals surface area contributed by atoms with Gasteiger partial charge in [-0.1, -0.05) is 18.2 Å². The maximum Gasteiger partial charge on any atom is 0.315 e. The average Bonchev–Trinajstić information content (AvgIpc) is 3.17. The molecule has 1 aromatic carbocycles. The second kappa shape index (κ2) is 7.17. The van der Waals surface area contributed by atoms with Gasteiger partial charge in [0.05, 0.1) is 6.20 Å². The molecule has 1 unspecified atom stereocenters. The van der Waals surface area contributed by atoms with Gasteiger partial charge in [-0.05, 0) is 30.5 Å². The number of urea groups is 1. The molecule has 122 valence electrons. The highest BCUT2D eigenvalue weighted by Crippen LogP contribution is 2.19. The Kier molecular flexibility index (Phi) is 4.80. The fraction of sp³-hybridized carbons (Fsp3) is 0.412. The first-order valence-corrected chi connectivity index (χ1v) is 8.02. The molecule has 1 aliphatic heterocycles. The molecule has 0 bridgehead atoms. The van der Waals surface area contributed by atoms with Crippen molar-refractivity contribution in [2.24, 2.45) is 7.05 Å². The number of benzene rings is 1. The van der Waals surface area contributed by atoms with Crippen LogP contribution in [-0.2, 0) is 13.5 Å². The number of aryl methyl sites for hydroxylation is 1. The third kappa shape index (κ3) is 4.25. The van der Waals surface area contributed by atoms with E-state index in [-0.39, 0.29) is 12.1 Å². The molecule has 2 amide bonds. The molecule has 0 radical (unpaired) electrons. The first-order valence-electron chi connectivity index (χ1n) is 8.02. The van der Waals surface area contributed by atoms with Crippen LogP contribution in [0.3, 0.4) is 0 Å². The minimum atomic E-state index is -0.0891. The minimum absolute atomic E-state index is 0.0891. The van der Waals surface area contributed by atoms with E-state index in [2.05, 4.69) is 32.8 Å². The summed E-state index contributed by atoms with van der Waals surface area (Å²) in [6.07, 6.45) is 5.57. The van der Waals surface area contributed by atoms with Gasteiger partial charge in [0, 0.05) is 44.6 Å². The molecule has 1 atom stereocenters. The number of anilines is 1. The van der Waals surface area contributed by atoms with Crippen LogP contribution < -0.4 is 15.5 Å². The molecular formula is C17H23N5O. The smallest absolute Gasteiger partial charge is 0.315 e. The van der Waals surface area contributed by atoms with Gasteiger partial charge in [-0.2, -0.15) is 5.10 Å². The van der Waals surface area contributed by atoms with Gasteiger partial charge < -0.3 is 15.5 Å². The Morgan fingerprint density at radius 3 is 2.91 bits per heavy atom. The van der Waals surface area contributed by atoms with E-state index >= 15 is 0 Å². The van der Waals surface area contributed by atoms with Gasteiger partial charge in [0.25, 0.3) is 0 Å². The zero-order valence-electron chi connectivity index (χ0n) is 13.4. The van der Waals surface area contributed by atoms with Crippen molar-refractivity contribution in [3.8, 4) is 0 Å². The summed E-state index contributed by atoms with van der Waals surface area (Å²) in [7, 11) is 1.89. The van der Waals surface area contributed by atoms with Crippen LogP contribution in [0.2, 0.25) is 0 Å². The average molecular weight is 313 g/mol. The number of aromatic nitrogens is 2. The maximum atomic E-state index is 12.0. The number of hydrogen-bond acceptors (Lipinski definition) is 3. The van der Waals surface area contributed by atoms with E-state index in [0.29, 0.717) is 6.54 Å². The first-order chi connectivity index (χ1) is 11.2. The van der Waals surface area contributed by atoms with Gasteiger partial charge >= 0.3 is 6.03 Å². The molecule has 0 spiro atoms. The molecule has 23 heavy (non-hydrogen) atoms. The molecule has 6 heteroatoms. The SMILES string of the molecule is Cn1cc(CCNC(=O)NC2CCN(c3ccccc3)C2)cn1. The Morgan fingerprint density at radius 2 is 2.17 bits per heavy atom. The van der Waals surface area contributed by atoms with Crippen molar-refractivity contribution in [3.05, 3.63) is 48.3 Å². The first kappa shape index (κ1) is 15.4. The lowest BCUT2D eigenvalue weighted by Gasteiger charge is -2.19. The number of nitrogens with zero attached hydrogens (tertiary/aromatic N) is 3. The Morgan fingerprint density at radius 1 is 1.35 bits per heavy atom. The standard InChI is InChI=1S/C17H23N5O/c1-21-12-14(11-19-21)7-9-18-17(23)20-15-8-10-22(13-15)16-5-3-2-4-6-16/h2-6,11-12,15H,7-10,13H2,1H3,(H2,18,20,23). The van der Waals surface area contributed by atoms with E-state index in [1.165, 1.54) is 5.69 Å². The molecule has 0 saturated carbocycles. The zero-order chi connectivity index (χ0) is 16.1. The summed E-state index contributed by atoms with van der Waals surface area (Å²) >= 11 is 0. The fourth-order valence-electron chi connectivity index (χ4n) is 2.91. The van der Waals surface area contributed by atoms with Crippen LogP contribution in [0.15, 0.2) is 42.7 Å². The molecule has 1 saturated heterocycles. The highest BCUT2D eigenvalue weighted by Gasteiger charge is 2.23. The van der Waals surface area contributed by atoms with E-state index < -0.39 is 0 Å². The Labute approximate surface area is 136 Å². The summed E-state index contributed by atoms with van der Waals surface area (Å²) in [5.74, 6) is 0. The Bertz CT molecular complexity index is 639. The zero-order valence-corrected chi connectivity index (χ0v) is 13.4. The third-order valence-corrected chi connectivity index (χ3v) is 4.10. The van der Waals surface area contributed by atoms with E-state index in [1.807, 2.05) is 37.6 Å². The van der Waals surface area contributed by atoms with Crippen molar-refractivity contribution >= 4 is 11.7 Å². The third-order valence-electron chi connectivity index (χ3n) is 4.10. The van der Waals surface area contributed by atoms with Gasteiger partial charge in [-0.25, -0.2) is 4.79 Å². The predicted octanol–water partition coefficient (Wildman–Crippen LogP) is 1.54. The van der Waals surface area contributed by atoms with Crippen molar-refractivity contribution in [2.75, 3.05) is 24.5 Å². The van der Waals surface area contributed by atoms with Crippen LogP contribution in [0, 0.1) is 0 Å². The van der Waals surface area contributed by atoms with Crippen LogP contribution in [0.4, 0.5) is 10.5 Å². The predicted molar refractivity (Wildman–Crippen MR) is 90.5 cm³/mol. The van der Waals surface area contributed by atoms with Crippen LogP contribution in [-0.4, -0.2) is 41.5 Å². The van der Waals surface area contributed by atoms with Gasteiger partial charge in [0.1, 0.15) is 0 Å². The number of hydrogen-bond donors (Lipinski definition) is 2. The summed E-state index contributed by atoms with van der Waals surface area (Å²) in [4.78, 5) is 14.3.